The first-order valence-electron chi connectivity index (χ1n) is 11.6. The van der Waals surface area contributed by atoms with Gasteiger partial charge in [-0.1, -0.05) is 6.07 Å². The van der Waals surface area contributed by atoms with Crippen LogP contribution in [0.3, 0.4) is 0 Å². The second-order valence-electron chi connectivity index (χ2n) is 8.81. The van der Waals surface area contributed by atoms with Crippen LogP contribution in [0.1, 0.15) is 28.8 Å². The highest BCUT2D eigenvalue weighted by Crippen LogP contribution is 2.32. The third-order valence-electron chi connectivity index (χ3n) is 6.49. The predicted octanol–water partition coefficient (Wildman–Crippen LogP) is 4.28. The number of rotatable bonds is 6. The number of hydrogen-bond donors (Lipinski definition) is 2. The van der Waals surface area contributed by atoms with Gasteiger partial charge in [0, 0.05) is 35.6 Å². The number of aromatic carboxylic acids is 1. The molecule has 2 aromatic carbocycles. The van der Waals surface area contributed by atoms with Gasteiger partial charge in [-0.2, -0.15) is 0 Å². The third kappa shape index (κ3) is 4.24. The SMILES string of the molecule is Cc1cccnc1OC[C@H]1CCCN1c1cc2c(cc1F)c(=O)c(C(=O)O)cn2-c1ccc(O)cc1. The number of carbonyl (C=O) groups is 1. The minimum absolute atomic E-state index is 0.0392. The van der Waals surface area contributed by atoms with E-state index in [-0.39, 0.29) is 17.2 Å². The molecule has 1 saturated heterocycles. The number of pyridine rings is 2. The second-order valence-corrected chi connectivity index (χ2v) is 8.81. The lowest BCUT2D eigenvalue weighted by Gasteiger charge is -2.28. The fraction of sp³-hybridized carbons (Fsp3) is 0.222. The van der Waals surface area contributed by atoms with Crippen LogP contribution in [0.4, 0.5) is 10.1 Å². The molecule has 0 saturated carbocycles. The van der Waals surface area contributed by atoms with E-state index in [1.165, 1.54) is 22.9 Å². The van der Waals surface area contributed by atoms with Gasteiger partial charge in [0.1, 0.15) is 23.7 Å². The Kier molecular flexibility index (Phi) is 6.05. The van der Waals surface area contributed by atoms with Crippen molar-refractivity contribution in [2.75, 3.05) is 18.1 Å². The van der Waals surface area contributed by atoms with Crippen LogP contribution in [0.15, 0.2) is 65.7 Å². The molecule has 1 aliphatic rings. The monoisotopic (exact) mass is 489 g/mol. The fourth-order valence-electron chi connectivity index (χ4n) is 4.66. The number of aryl methyl sites for hydroxylation is 1. The molecule has 0 unspecified atom stereocenters. The number of halogens is 1. The Hall–Kier alpha value is -4.40. The first kappa shape index (κ1) is 23.3. The highest BCUT2D eigenvalue weighted by molar-refractivity contribution is 5.94. The average molecular weight is 490 g/mol. The van der Waals surface area contributed by atoms with E-state index in [0.717, 1.165) is 24.5 Å². The molecule has 0 bridgehead atoms. The second kappa shape index (κ2) is 9.33. The molecule has 9 heteroatoms. The van der Waals surface area contributed by atoms with E-state index in [1.54, 1.807) is 24.4 Å². The van der Waals surface area contributed by atoms with E-state index >= 15 is 4.39 Å². The van der Waals surface area contributed by atoms with Crippen LogP contribution in [0.25, 0.3) is 16.6 Å². The van der Waals surface area contributed by atoms with Crippen molar-refractivity contribution in [3.63, 3.8) is 0 Å². The van der Waals surface area contributed by atoms with E-state index in [1.807, 2.05) is 24.0 Å². The summed E-state index contributed by atoms with van der Waals surface area (Å²) in [5.41, 5.74) is 0.863. The van der Waals surface area contributed by atoms with Crippen LogP contribution in [0, 0.1) is 12.7 Å². The van der Waals surface area contributed by atoms with Crippen molar-refractivity contribution < 1.29 is 24.1 Å². The zero-order valence-electron chi connectivity index (χ0n) is 19.5. The fourth-order valence-corrected chi connectivity index (χ4v) is 4.66. The number of phenolic OH excluding ortho intramolecular Hbond substituents is 1. The summed E-state index contributed by atoms with van der Waals surface area (Å²) in [6.45, 7) is 2.83. The number of anilines is 1. The summed E-state index contributed by atoms with van der Waals surface area (Å²) in [6, 6.07) is 12.4. The molecule has 184 valence electrons. The molecule has 0 spiro atoms. The summed E-state index contributed by atoms with van der Waals surface area (Å²) in [7, 11) is 0. The lowest BCUT2D eigenvalue weighted by molar-refractivity contribution is 0.0695. The lowest BCUT2D eigenvalue weighted by Crippen LogP contribution is -2.35. The van der Waals surface area contributed by atoms with E-state index in [9.17, 15) is 19.8 Å². The van der Waals surface area contributed by atoms with Crippen molar-refractivity contribution in [1.29, 1.82) is 0 Å². The maximum absolute atomic E-state index is 15.4. The van der Waals surface area contributed by atoms with Crippen molar-refractivity contribution in [3.05, 3.63) is 88.1 Å². The molecular formula is C27H24FN3O5. The Morgan fingerprint density at radius 3 is 2.72 bits per heavy atom. The molecule has 1 aliphatic heterocycles. The van der Waals surface area contributed by atoms with Crippen molar-refractivity contribution in [3.8, 4) is 17.3 Å². The zero-order chi connectivity index (χ0) is 25.4. The minimum Gasteiger partial charge on any atom is -0.508 e. The standard InChI is InChI=1S/C27H24FN3O5/c1-16-4-2-10-29-26(16)36-15-18-5-3-11-30(18)24-13-23-20(12-22(24)28)25(33)21(27(34)35)14-31(23)17-6-8-19(32)9-7-17/h2,4,6-10,12-14,18,32H,3,5,11,15H2,1H3,(H,34,35)/t18-/m1/s1. The van der Waals surface area contributed by atoms with Crippen LogP contribution in [-0.4, -0.2) is 44.9 Å². The molecule has 1 fully saturated rings. The van der Waals surface area contributed by atoms with Crippen molar-refractivity contribution in [2.45, 2.75) is 25.8 Å². The van der Waals surface area contributed by atoms with Crippen molar-refractivity contribution in [2.24, 2.45) is 0 Å². The van der Waals surface area contributed by atoms with Gasteiger partial charge in [-0.05, 0) is 62.2 Å². The van der Waals surface area contributed by atoms with Crippen molar-refractivity contribution in [1.82, 2.24) is 9.55 Å². The summed E-state index contributed by atoms with van der Waals surface area (Å²) in [5.74, 6) is -1.44. The molecule has 3 heterocycles. The van der Waals surface area contributed by atoms with Crippen LogP contribution < -0.4 is 15.1 Å². The Morgan fingerprint density at radius 2 is 2.00 bits per heavy atom. The molecule has 2 aromatic heterocycles. The van der Waals surface area contributed by atoms with E-state index in [0.29, 0.717) is 35.9 Å². The number of aromatic hydroxyl groups is 1. The smallest absolute Gasteiger partial charge is 0.341 e. The molecule has 8 nitrogen and oxygen atoms in total. The Bertz CT molecular complexity index is 1520. The minimum atomic E-state index is -1.40. The number of aromatic nitrogens is 2. The molecule has 4 aromatic rings. The predicted molar refractivity (Wildman–Crippen MR) is 133 cm³/mol. The molecular weight excluding hydrogens is 465 g/mol. The molecule has 36 heavy (non-hydrogen) atoms. The zero-order valence-corrected chi connectivity index (χ0v) is 19.5. The molecule has 1 atom stereocenters. The van der Waals surface area contributed by atoms with Gasteiger partial charge in [-0.25, -0.2) is 14.2 Å². The highest BCUT2D eigenvalue weighted by atomic mass is 19.1. The normalized spacial score (nSPS) is 15.4. The Morgan fingerprint density at radius 1 is 1.22 bits per heavy atom. The average Bonchev–Trinajstić information content (AvgIpc) is 3.32. The van der Waals surface area contributed by atoms with Crippen LogP contribution in [-0.2, 0) is 0 Å². The van der Waals surface area contributed by atoms with Crippen LogP contribution >= 0.6 is 0 Å². The van der Waals surface area contributed by atoms with E-state index < -0.39 is 22.8 Å². The van der Waals surface area contributed by atoms with Crippen molar-refractivity contribution >= 4 is 22.6 Å². The van der Waals surface area contributed by atoms with E-state index in [2.05, 4.69) is 4.98 Å². The van der Waals surface area contributed by atoms with Crippen LogP contribution in [0.2, 0.25) is 0 Å². The summed E-state index contributed by atoms with van der Waals surface area (Å²) in [6.07, 6.45) is 4.53. The summed E-state index contributed by atoms with van der Waals surface area (Å²) < 4.78 is 22.9. The summed E-state index contributed by atoms with van der Waals surface area (Å²) in [4.78, 5) is 30.8. The summed E-state index contributed by atoms with van der Waals surface area (Å²) in [5, 5.41) is 19.2. The summed E-state index contributed by atoms with van der Waals surface area (Å²) >= 11 is 0. The Balaban J connectivity index is 1.59. The Labute approximate surface area is 205 Å². The molecule has 5 rings (SSSR count). The van der Waals surface area contributed by atoms with Gasteiger partial charge in [0.25, 0.3) is 0 Å². The van der Waals surface area contributed by atoms with Gasteiger partial charge in [0.05, 0.1) is 17.2 Å². The van der Waals surface area contributed by atoms with Gasteiger partial charge in [-0.3, -0.25) is 4.79 Å². The third-order valence-corrected chi connectivity index (χ3v) is 6.49. The quantitative estimate of drug-likeness (QED) is 0.416. The van der Waals surface area contributed by atoms with E-state index in [4.69, 9.17) is 4.74 Å². The van der Waals surface area contributed by atoms with Gasteiger partial charge < -0.3 is 24.4 Å². The number of carboxylic acid groups (broad SMARTS) is 1. The van der Waals surface area contributed by atoms with Gasteiger partial charge in [0.2, 0.25) is 11.3 Å². The number of benzene rings is 2. The van der Waals surface area contributed by atoms with Gasteiger partial charge in [-0.15, -0.1) is 0 Å². The largest absolute Gasteiger partial charge is 0.508 e. The first-order valence-corrected chi connectivity index (χ1v) is 11.6. The molecule has 0 radical (unpaired) electrons. The molecule has 2 N–H and O–H groups in total. The number of phenols is 1. The molecule has 0 aliphatic carbocycles. The number of nitrogens with zero attached hydrogens (tertiary/aromatic N) is 3. The maximum atomic E-state index is 15.4. The van der Waals surface area contributed by atoms with Gasteiger partial charge in [0.15, 0.2) is 0 Å². The number of hydrogen-bond acceptors (Lipinski definition) is 6. The topological polar surface area (TPSA) is 105 Å². The molecule has 0 amide bonds. The number of carboxylic acids is 1. The number of fused-ring (bicyclic) bond motifs is 1. The van der Waals surface area contributed by atoms with Crippen LogP contribution in [0.5, 0.6) is 11.6 Å². The van der Waals surface area contributed by atoms with Gasteiger partial charge >= 0.3 is 5.97 Å². The lowest BCUT2D eigenvalue weighted by atomic mass is 10.1. The maximum Gasteiger partial charge on any atom is 0.341 e. The number of ether oxygens (including phenoxy) is 1. The first-order chi connectivity index (χ1) is 17.3. The highest BCUT2D eigenvalue weighted by Gasteiger charge is 2.29.